The van der Waals surface area contributed by atoms with Gasteiger partial charge in [-0.25, -0.2) is 9.59 Å². The smallest absolute Gasteiger partial charge is 0.407 e. The van der Waals surface area contributed by atoms with Crippen molar-refractivity contribution in [1.82, 2.24) is 9.88 Å². The summed E-state index contributed by atoms with van der Waals surface area (Å²) < 4.78 is 12.5. The highest BCUT2D eigenvalue weighted by molar-refractivity contribution is 5.96. The first-order valence-corrected chi connectivity index (χ1v) is 8.10. The van der Waals surface area contributed by atoms with Crippen molar-refractivity contribution in [2.45, 2.75) is 32.8 Å². The van der Waals surface area contributed by atoms with Crippen LogP contribution in [0.4, 0.5) is 4.79 Å². The van der Waals surface area contributed by atoms with E-state index in [1.54, 1.807) is 23.7 Å². The third-order valence-corrected chi connectivity index (χ3v) is 3.49. The minimum atomic E-state index is -0.980. The normalized spacial score (nSPS) is 11.4. The number of carbonyl (C=O) groups is 2. The highest BCUT2D eigenvalue weighted by atomic mass is 16.6. The number of hydrogen-bond acceptors (Lipinski definition) is 4. The molecule has 25 heavy (non-hydrogen) atoms. The molecule has 7 nitrogen and oxygen atoms in total. The number of carbonyl (C=O) groups excluding carboxylic acids is 1. The van der Waals surface area contributed by atoms with Gasteiger partial charge in [0.15, 0.2) is 0 Å². The van der Waals surface area contributed by atoms with Crippen LogP contribution in [0.2, 0.25) is 0 Å². The standard InChI is InChI=1S/C18H24N2O5/c1-18(2,3)25-17(23)19-9-6-10-24-14-8-5-7-12-11-13(16(21)22)20(4)15(12)14/h5,7-8,11H,6,9-10H2,1-4H3,(H,19,23)(H,21,22). The summed E-state index contributed by atoms with van der Waals surface area (Å²) in [7, 11) is 1.70. The third kappa shape index (κ3) is 4.89. The molecule has 2 aromatic rings. The van der Waals surface area contributed by atoms with Gasteiger partial charge < -0.3 is 24.5 Å². The van der Waals surface area contributed by atoms with Gasteiger partial charge >= 0.3 is 12.1 Å². The number of fused-ring (bicyclic) bond motifs is 1. The van der Waals surface area contributed by atoms with Crippen LogP contribution in [-0.2, 0) is 11.8 Å². The van der Waals surface area contributed by atoms with Crippen molar-refractivity contribution in [3.8, 4) is 5.75 Å². The van der Waals surface area contributed by atoms with Gasteiger partial charge in [-0.05, 0) is 39.3 Å². The molecule has 0 spiro atoms. The second kappa shape index (κ2) is 7.46. The van der Waals surface area contributed by atoms with E-state index in [0.717, 1.165) is 10.9 Å². The van der Waals surface area contributed by atoms with E-state index in [0.29, 0.717) is 25.3 Å². The summed E-state index contributed by atoms with van der Waals surface area (Å²) in [5, 5.41) is 12.7. The summed E-state index contributed by atoms with van der Waals surface area (Å²) in [6, 6.07) is 7.09. The lowest BCUT2D eigenvalue weighted by Crippen LogP contribution is -2.33. The Labute approximate surface area is 146 Å². The molecular formula is C18H24N2O5. The zero-order valence-electron chi connectivity index (χ0n) is 15.0. The van der Waals surface area contributed by atoms with E-state index in [1.807, 2.05) is 32.9 Å². The lowest BCUT2D eigenvalue weighted by atomic mass is 10.2. The summed E-state index contributed by atoms with van der Waals surface area (Å²) in [5.74, 6) is -0.365. The van der Waals surface area contributed by atoms with Gasteiger partial charge in [-0.1, -0.05) is 12.1 Å². The molecule has 0 fully saturated rings. The van der Waals surface area contributed by atoms with E-state index in [-0.39, 0.29) is 5.69 Å². The van der Waals surface area contributed by atoms with Crippen LogP contribution in [0.3, 0.4) is 0 Å². The van der Waals surface area contributed by atoms with Crippen molar-refractivity contribution in [2.75, 3.05) is 13.2 Å². The number of benzene rings is 1. The number of nitrogens with zero attached hydrogens (tertiary/aromatic N) is 1. The van der Waals surface area contributed by atoms with E-state index in [2.05, 4.69) is 5.32 Å². The Kier molecular flexibility index (Phi) is 5.56. The van der Waals surface area contributed by atoms with Gasteiger partial charge in [0.2, 0.25) is 0 Å². The van der Waals surface area contributed by atoms with Gasteiger partial charge in [-0.2, -0.15) is 0 Å². The highest BCUT2D eigenvalue weighted by Crippen LogP contribution is 2.28. The summed E-state index contributed by atoms with van der Waals surface area (Å²) in [6.45, 7) is 6.24. The monoisotopic (exact) mass is 348 g/mol. The molecule has 0 radical (unpaired) electrons. The fraction of sp³-hybridized carbons (Fsp3) is 0.444. The lowest BCUT2D eigenvalue weighted by molar-refractivity contribution is 0.0525. The predicted octanol–water partition coefficient (Wildman–Crippen LogP) is 3.17. The number of aromatic carboxylic acids is 1. The molecule has 0 aliphatic carbocycles. The van der Waals surface area contributed by atoms with Gasteiger partial charge in [0.05, 0.1) is 12.1 Å². The first kappa shape index (κ1) is 18.6. The molecule has 0 bridgehead atoms. The zero-order chi connectivity index (χ0) is 18.6. The predicted molar refractivity (Wildman–Crippen MR) is 94.2 cm³/mol. The van der Waals surface area contributed by atoms with Crippen LogP contribution in [0, 0.1) is 0 Å². The molecule has 136 valence electrons. The second-order valence-electron chi connectivity index (χ2n) is 6.72. The summed E-state index contributed by atoms with van der Waals surface area (Å²) in [4.78, 5) is 22.8. The average molecular weight is 348 g/mol. The van der Waals surface area contributed by atoms with Gasteiger partial charge in [0.25, 0.3) is 0 Å². The number of ether oxygens (including phenoxy) is 2. The van der Waals surface area contributed by atoms with Crippen molar-refractivity contribution < 1.29 is 24.2 Å². The summed E-state index contributed by atoms with van der Waals surface area (Å²) in [6.07, 6.45) is 0.148. The zero-order valence-corrected chi connectivity index (χ0v) is 15.0. The molecular weight excluding hydrogens is 324 g/mol. The van der Waals surface area contributed by atoms with Crippen molar-refractivity contribution in [3.63, 3.8) is 0 Å². The number of alkyl carbamates (subject to hydrolysis) is 1. The Morgan fingerprint density at radius 2 is 2.00 bits per heavy atom. The number of aryl methyl sites for hydroxylation is 1. The Morgan fingerprint density at radius 3 is 2.64 bits per heavy atom. The van der Waals surface area contributed by atoms with Gasteiger partial charge in [0, 0.05) is 19.0 Å². The van der Waals surface area contributed by atoms with E-state index in [9.17, 15) is 14.7 Å². The van der Waals surface area contributed by atoms with Crippen LogP contribution < -0.4 is 10.1 Å². The molecule has 0 saturated carbocycles. The van der Waals surface area contributed by atoms with Crippen molar-refractivity contribution in [2.24, 2.45) is 7.05 Å². The van der Waals surface area contributed by atoms with Crippen molar-refractivity contribution in [3.05, 3.63) is 30.0 Å². The molecule has 0 atom stereocenters. The fourth-order valence-corrected chi connectivity index (χ4v) is 2.46. The van der Waals surface area contributed by atoms with E-state index >= 15 is 0 Å². The molecule has 2 rings (SSSR count). The second-order valence-corrected chi connectivity index (χ2v) is 6.72. The first-order chi connectivity index (χ1) is 11.7. The SMILES string of the molecule is Cn1c(C(=O)O)cc2cccc(OCCCNC(=O)OC(C)(C)C)c21. The molecule has 7 heteroatoms. The minimum Gasteiger partial charge on any atom is -0.491 e. The van der Waals surface area contributed by atoms with E-state index in [4.69, 9.17) is 9.47 Å². The molecule has 0 aliphatic rings. The maximum atomic E-state index is 11.5. The van der Waals surface area contributed by atoms with Gasteiger partial charge in [-0.15, -0.1) is 0 Å². The van der Waals surface area contributed by atoms with E-state index < -0.39 is 17.7 Å². The fourth-order valence-electron chi connectivity index (χ4n) is 2.46. The number of hydrogen-bond donors (Lipinski definition) is 2. The maximum absolute atomic E-state index is 11.5. The van der Waals surface area contributed by atoms with Crippen LogP contribution in [0.5, 0.6) is 5.75 Å². The summed E-state index contributed by atoms with van der Waals surface area (Å²) in [5.41, 5.74) is 0.419. The first-order valence-electron chi connectivity index (χ1n) is 8.10. The molecule has 1 amide bonds. The quantitative estimate of drug-likeness (QED) is 0.783. The Balaban J connectivity index is 1.91. The van der Waals surface area contributed by atoms with Crippen LogP contribution in [0.25, 0.3) is 10.9 Å². The van der Waals surface area contributed by atoms with Crippen LogP contribution >= 0.6 is 0 Å². The molecule has 2 N–H and O–H groups in total. The Bertz CT molecular complexity index is 774. The number of aromatic nitrogens is 1. The maximum Gasteiger partial charge on any atom is 0.407 e. The molecule has 0 saturated heterocycles. The molecule has 0 unspecified atom stereocenters. The Morgan fingerprint density at radius 1 is 1.28 bits per heavy atom. The highest BCUT2D eigenvalue weighted by Gasteiger charge is 2.16. The van der Waals surface area contributed by atoms with Crippen molar-refractivity contribution >= 4 is 23.0 Å². The van der Waals surface area contributed by atoms with Crippen molar-refractivity contribution in [1.29, 1.82) is 0 Å². The van der Waals surface area contributed by atoms with Crippen LogP contribution in [-0.4, -0.2) is 40.5 Å². The number of carboxylic acids is 1. The Hall–Kier alpha value is -2.70. The minimum absolute atomic E-state index is 0.206. The number of para-hydroxylation sites is 1. The van der Waals surface area contributed by atoms with Crippen LogP contribution in [0.15, 0.2) is 24.3 Å². The largest absolute Gasteiger partial charge is 0.491 e. The molecule has 1 aromatic heterocycles. The topological polar surface area (TPSA) is 89.8 Å². The number of amides is 1. The van der Waals surface area contributed by atoms with Crippen LogP contribution in [0.1, 0.15) is 37.7 Å². The average Bonchev–Trinajstić information content (AvgIpc) is 2.83. The lowest BCUT2D eigenvalue weighted by Gasteiger charge is -2.19. The van der Waals surface area contributed by atoms with Gasteiger partial charge in [0.1, 0.15) is 17.0 Å². The molecule has 1 heterocycles. The number of carboxylic acid groups (broad SMARTS) is 1. The molecule has 0 aliphatic heterocycles. The summed E-state index contributed by atoms with van der Waals surface area (Å²) >= 11 is 0. The third-order valence-electron chi connectivity index (χ3n) is 3.49. The molecule has 1 aromatic carbocycles. The van der Waals surface area contributed by atoms with Gasteiger partial charge in [-0.3, -0.25) is 0 Å². The van der Waals surface area contributed by atoms with E-state index in [1.165, 1.54) is 0 Å². The number of rotatable bonds is 6. The number of nitrogens with one attached hydrogen (secondary N) is 1.